The van der Waals surface area contributed by atoms with Crippen molar-refractivity contribution in [3.63, 3.8) is 0 Å². The van der Waals surface area contributed by atoms with Crippen molar-refractivity contribution in [2.24, 2.45) is 0 Å². The number of aromatic nitrogens is 2. The number of H-pyrrole nitrogens is 1. The van der Waals surface area contributed by atoms with Gasteiger partial charge < -0.3 is 15.0 Å². The third-order valence-electron chi connectivity index (χ3n) is 2.32. The van der Waals surface area contributed by atoms with Gasteiger partial charge in [-0.15, -0.1) is 0 Å². The van der Waals surface area contributed by atoms with Crippen LogP contribution in [-0.2, 0) is 4.74 Å². The Labute approximate surface area is 91.4 Å². The summed E-state index contributed by atoms with van der Waals surface area (Å²) in [6, 6.07) is 0.635. The van der Waals surface area contributed by atoms with Gasteiger partial charge in [0.25, 0.3) is 0 Å². The molecular weight excluding hydrogens is 190 g/mol. The molecule has 0 aliphatic rings. The van der Waals surface area contributed by atoms with Gasteiger partial charge >= 0.3 is 0 Å². The summed E-state index contributed by atoms with van der Waals surface area (Å²) in [6.07, 6.45) is 4.66. The van der Waals surface area contributed by atoms with Crippen molar-refractivity contribution < 1.29 is 4.74 Å². The van der Waals surface area contributed by atoms with Crippen LogP contribution in [0.2, 0.25) is 0 Å². The van der Waals surface area contributed by atoms with Crippen LogP contribution in [0.5, 0.6) is 0 Å². The third kappa shape index (κ3) is 4.01. The molecule has 1 rings (SSSR count). The Hall–Kier alpha value is -0.870. The van der Waals surface area contributed by atoms with Crippen LogP contribution in [-0.4, -0.2) is 29.2 Å². The van der Waals surface area contributed by atoms with E-state index in [1.807, 2.05) is 13.1 Å². The highest BCUT2D eigenvalue weighted by atomic mass is 16.5. The molecule has 0 amide bonds. The number of aromatic amines is 1. The van der Waals surface area contributed by atoms with Crippen LogP contribution < -0.4 is 5.32 Å². The summed E-state index contributed by atoms with van der Waals surface area (Å²) < 4.78 is 5.36. The topological polar surface area (TPSA) is 49.9 Å². The summed E-state index contributed by atoms with van der Waals surface area (Å²) in [6.45, 7) is 7.79. The second-order valence-electron chi connectivity index (χ2n) is 3.66. The van der Waals surface area contributed by atoms with E-state index in [0.29, 0.717) is 6.04 Å². The molecule has 0 fully saturated rings. The van der Waals surface area contributed by atoms with Crippen LogP contribution in [0, 0.1) is 0 Å². The highest BCUT2D eigenvalue weighted by molar-refractivity contribution is 4.95. The minimum atomic E-state index is 0.287. The van der Waals surface area contributed by atoms with Crippen LogP contribution in [0.4, 0.5) is 0 Å². The number of imidazole rings is 1. The minimum absolute atomic E-state index is 0.287. The fraction of sp³-hybridized carbons (Fsp3) is 0.727. The summed E-state index contributed by atoms with van der Waals surface area (Å²) in [5, 5.41) is 3.49. The standard InChI is InChI=1S/C11H21N3O/c1-4-10(11-12-6-7-13-11)14-9(3)8-15-5-2/h6-7,9-10,14H,4-5,8H2,1-3H3,(H,12,13). The first-order valence-corrected chi connectivity index (χ1v) is 5.61. The Morgan fingerprint density at radius 2 is 2.33 bits per heavy atom. The Bertz CT molecular complexity index is 248. The van der Waals surface area contributed by atoms with Crippen molar-refractivity contribution >= 4 is 0 Å². The smallest absolute Gasteiger partial charge is 0.123 e. The van der Waals surface area contributed by atoms with Crippen LogP contribution in [0.15, 0.2) is 12.4 Å². The van der Waals surface area contributed by atoms with E-state index in [1.54, 1.807) is 6.20 Å². The molecule has 1 aromatic heterocycles. The molecule has 0 spiro atoms. The molecule has 2 N–H and O–H groups in total. The monoisotopic (exact) mass is 211 g/mol. The van der Waals surface area contributed by atoms with Crippen LogP contribution in [0.1, 0.15) is 39.1 Å². The maximum atomic E-state index is 5.36. The van der Waals surface area contributed by atoms with E-state index in [9.17, 15) is 0 Å². The Kier molecular flexibility index (Phi) is 5.36. The first-order chi connectivity index (χ1) is 7.27. The molecule has 0 saturated heterocycles. The molecule has 0 bridgehead atoms. The van der Waals surface area contributed by atoms with Crippen molar-refractivity contribution in [3.8, 4) is 0 Å². The van der Waals surface area contributed by atoms with Crippen molar-refractivity contribution in [2.75, 3.05) is 13.2 Å². The van der Waals surface area contributed by atoms with E-state index in [4.69, 9.17) is 4.74 Å². The molecule has 2 atom stereocenters. The number of nitrogens with one attached hydrogen (secondary N) is 2. The van der Waals surface area contributed by atoms with E-state index in [-0.39, 0.29) is 6.04 Å². The summed E-state index contributed by atoms with van der Waals surface area (Å²) in [4.78, 5) is 7.40. The lowest BCUT2D eigenvalue weighted by Crippen LogP contribution is -2.34. The van der Waals surface area contributed by atoms with Crippen LogP contribution in [0.25, 0.3) is 0 Å². The van der Waals surface area contributed by atoms with Crippen LogP contribution in [0.3, 0.4) is 0 Å². The van der Waals surface area contributed by atoms with Crippen molar-refractivity contribution in [1.82, 2.24) is 15.3 Å². The SMILES string of the molecule is CCOCC(C)NC(CC)c1ncc[nH]1. The van der Waals surface area contributed by atoms with Gasteiger partial charge in [-0.2, -0.15) is 0 Å². The first kappa shape index (κ1) is 12.2. The summed E-state index contributed by atoms with van der Waals surface area (Å²) in [5.74, 6) is 1.00. The van der Waals surface area contributed by atoms with E-state index in [1.165, 1.54) is 0 Å². The van der Waals surface area contributed by atoms with E-state index < -0.39 is 0 Å². The van der Waals surface area contributed by atoms with E-state index >= 15 is 0 Å². The molecule has 1 aromatic rings. The van der Waals surface area contributed by atoms with Crippen molar-refractivity contribution in [1.29, 1.82) is 0 Å². The number of nitrogens with zero attached hydrogens (tertiary/aromatic N) is 1. The van der Waals surface area contributed by atoms with Gasteiger partial charge in [0, 0.05) is 25.0 Å². The van der Waals surface area contributed by atoms with Gasteiger partial charge in [-0.05, 0) is 20.3 Å². The van der Waals surface area contributed by atoms with Crippen molar-refractivity contribution in [3.05, 3.63) is 18.2 Å². The van der Waals surface area contributed by atoms with Crippen LogP contribution >= 0.6 is 0 Å². The van der Waals surface area contributed by atoms with Gasteiger partial charge in [-0.1, -0.05) is 6.92 Å². The van der Waals surface area contributed by atoms with Gasteiger partial charge in [-0.25, -0.2) is 4.98 Å². The zero-order valence-corrected chi connectivity index (χ0v) is 9.79. The van der Waals surface area contributed by atoms with Crippen molar-refractivity contribution in [2.45, 2.75) is 39.3 Å². The molecule has 4 nitrogen and oxygen atoms in total. The lowest BCUT2D eigenvalue weighted by Gasteiger charge is -2.20. The van der Waals surface area contributed by atoms with Gasteiger partial charge in [0.15, 0.2) is 0 Å². The summed E-state index contributed by atoms with van der Waals surface area (Å²) >= 11 is 0. The highest BCUT2D eigenvalue weighted by Gasteiger charge is 2.13. The summed E-state index contributed by atoms with van der Waals surface area (Å²) in [7, 11) is 0. The maximum absolute atomic E-state index is 5.36. The first-order valence-electron chi connectivity index (χ1n) is 5.61. The predicted molar refractivity (Wildman–Crippen MR) is 60.7 cm³/mol. The lowest BCUT2D eigenvalue weighted by molar-refractivity contribution is 0.123. The largest absolute Gasteiger partial charge is 0.380 e. The van der Waals surface area contributed by atoms with E-state index in [2.05, 4.69) is 29.1 Å². The quantitative estimate of drug-likeness (QED) is 0.724. The molecule has 0 aliphatic heterocycles. The Balaban J connectivity index is 2.40. The minimum Gasteiger partial charge on any atom is -0.380 e. The molecule has 0 saturated carbocycles. The number of rotatable bonds is 7. The fourth-order valence-corrected chi connectivity index (χ4v) is 1.54. The van der Waals surface area contributed by atoms with Gasteiger partial charge in [0.1, 0.15) is 5.82 Å². The third-order valence-corrected chi connectivity index (χ3v) is 2.32. The normalized spacial score (nSPS) is 15.1. The summed E-state index contributed by atoms with van der Waals surface area (Å²) in [5.41, 5.74) is 0. The zero-order chi connectivity index (χ0) is 11.1. The molecule has 0 radical (unpaired) electrons. The molecule has 1 heterocycles. The second kappa shape index (κ2) is 6.58. The Morgan fingerprint density at radius 1 is 1.53 bits per heavy atom. The highest BCUT2D eigenvalue weighted by Crippen LogP contribution is 2.12. The van der Waals surface area contributed by atoms with Gasteiger partial charge in [0.2, 0.25) is 0 Å². The van der Waals surface area contributed by atoms with Gasteiger partial charge in [-0.3, -0.25) is 0 Å². The average molecular weight is 211 g/mol. The molecule has 0 aliphatic carbocycles. The molecule has 4 heteroatoms. The number of ether oxygens (including phenoxy) is 1. The van der Waals surface area contributed by atoms with E-state index in [0.717, 1.165) is 25.5 Å². The lowest BCUT2D eigenvalue weighted by atomic mass is 10.2. The second-order valence-corrected chi connectivity index (χ2v) is 3.66. The van der Waals surface area contributed by atoms with Gasteiger partial charge in [0.05, 0.1) is 12.6 Å². The Morgan fingerprint density at radius 3 is 2.87 bits per heavy atom. The number of hydrogen-bond donors (Lipinski definition) is 2. The molecule has 2 unspecified atom stereocenters. The molecule has 0 aromatic carbocycles. The zero-order valence-electron chi connectivity index (χ0n) is 9.79. The molecular formula is C11H21N3O. The number of hydrogen-bond acceptors (Lipinski definition) is 3. The predicted octanol–water partition coefficient (Wildman–Crippen LogP) is 1.88. The molecule has 15 heavy (non-hydrogen) atoms. The average Bonchev–Trinajstić information content (AvgIpc) is 2.76. The molecule has 86 valence electrons. The fourth-order valence-electron chi connectivity index (χ4n) is 1.54. The maximum Gasteiger partial charge on any atom is 0.123 e.